The van der Waals surface area contributed by atoms with Crippen LogP contribution in [0.5, 0.6) is 5.75 Å². The van der Waals surface area contributed by atoms with Crippen molar-refractivity contribution >= 4 is 35.2 Å². The van der Waals surface area contributed by atoms with Crippen LogP contribution in [0.1, 0.15) is 19.4 Å². The quantitative estimate of drug-likeness (QED) is 0.793. The van der Waals surface area contributed by atoms with Crippen molar-refractivity contribution in [2.75, 3.05) is 18.9 Å². The van der Waals surface area contributed by atoms with E-state index in [4.69, 9.17) is 16.3 Å². The van der Waals surface area contributed by atoms with E-state index in [9.17, 15) is 9.59 Å². The van der Waals surface area contributed by atoms with Crippen LogP contribution in [0.4, 0.5) is 0 Å². The number of hydrogen-bond donors (Lipinski definition) is 2. The fourth-order valence-corrected chi connectivity index (χ4v) is 3.41. The Morgan fingerprint density at radius 1 is 1.52 bits per heavy atom. The number of carbonyl (C=O) groups excluding carboxylic acids is 2. The van der Waals surface area contributed by atoms with Gasteiger partial charge in [-0.05, 0) is 32.4 Å². The minimum atomic E-state index is -0.498. The van der Waals surface area contributed by atoms with Gasteiger partial charge >= 0.3 is 0 Å². The van der Waals surface area contributed by atoms with E-state index in [1.807, 2.05) is 32.9 Å². The Morgan fingerprint density at radius 3 is 2.91 bits per heavy atom. The molecule has 1 fully saturated rings. The monoisotopic (exact) mass is 356 g/mol. The van der Waals surface area contributed by atoms with Crippen molar-refractivity contribution < 1.29 is 14.3 Å². The van der Waals surface area contributed by atoms with Crippen LogP contribution in [-0.4, -0.2) is 41.5 Å². The van der Waals surface area contributed by atoms with Crippen molar-refractivity contribution in [1.82, 2.24) is 10.6 Å². The van der Waals surface area contributed by atoms with Gasteiger partial charge in [-0.15, -0.1) is 11.8 Å². The lowest BCUT2D eigenvalue weighted by Gasteiger charge is -2.32. The van der Waals surface area contributed by atoms with Crippen molar-refractivity contribution in [3.63, 3.8) is 0 Å². The first-order valence-electron chi connectivity index (χ1n) is 7.42. The van der Waals surface area contributed by atoms with E-state index < -0.39 is 10.8 Å². The summed E-state index contributed by atoms with van der Waals surface area (Å²) in [4.78, 5) is 23.9. The molecule has 0 bridgehead atoms. The van der Waals surface area contributed by atoms with Gasteiger partial charge in [-0.3, -0.25) is 9.59 Å². The van der Waals surface area contributed by atoms with Crippen molar-refractivity contribution in [3.8, 4) is 5.75 Å². The first-order chi connectivity index (χ1) is 10.8. The van der Waals surface area contributed by atoms with Gasteiger partial charge in [0.05, 0.1) is 16.3 Å². The molecule has 1 aliphatic heterocycles. The molecular formula is C16H21ClN2O3S. The lowest BCUT2D eigenvalue weighted by molar-refractivity contribution is -0.129. The number of aryl methyl sites for hydroxylation is 1. The van der Waals surface area contributed by atoms with E-state index in [0.29, 0.717) is 29.7 Å². The molecule has 0 saturated carbocycles. The molecule has 0 unspecified atom stereocenters. The number of thioether (sulfide) groups is 1. The molecule has 0 aliphatic carbocycles. The highest BCUT2D eigenvalue weighted by atomic mass is 35.5. The second-order valence-corrected chi connectivity index (χ2v) is 7.92. The summed E-state index contributed by atoms with van der Waals surface area (Å²) in [6.45, 7) is 6.28. The number of amides is 2. The van der Waals surface area contributed by atoms with E-state index >= 15 is 0 Å². The number of para-hydroxylation sites is 1. The standard InChI is InChI=1S/C16H21ClN2O3S/c1-10-5-4-6-11(17)13(10)22-8-7-18-14(20)12-9-23-16(2,3)15(21)19-12/h4-6,12H,7-9H2,1-3H3,(H,18,20)(H,19,21)/t12-/m0/s1. The molecule has 1 saturated heterocycles. The highest BCUT2D eigenvalue weighted by Gasteiger charge is 2.37. The maximum atomic E-state index is 12.1. The van der Waals surface area contributed by atoms with Gasteiger partial charge in [0.25, 0.3) is 0 Å². The Morgan fingerprint density at radius 2 is 2.26 bits per heavy atom. The van der Waals surface area contributed by atoms with Crippen LogP contribution in [0.25, 0.3) is 0 Å². The average molecular weight is 357 g/mol. The first-order valence-corrected chi connectivity index (χ1v) is 8.78. The SMILES string of the molecule is Cc1cccc(Cl)c1OCCNC(=O)[C@@H]1CSC(C)(C)C(=O)N1. The molecule has 2 amide bonds. The van der Waals surface area contributed by atoms with Crippen molar-refractivity contribution in [2.45, 2.75) is 31.6 Å². The third kappa shape index (κ3) is 4.54. The third-order valence-electron chi connectivity index (χ3n) is 3.59. The molecule has 7 heteroatoms. The largest absolute Gasteiger partial charge is 0.490 e. The summed E-state index contributed by atoms with van der Waals surface area (Å²) in [5.41, 5.74) is 0.946. The van der Waals surface area contributed by atoms with Gasteiger partial charge in [0.2, 0.25) is 11.8 Å². The summed E-state index contributed by atoms with van der Waals surface area (Å²) in [7, 11) is 0. The number of benzene rings is 1. The maximum Gasteiger partial charge on any atom is 0.243 e. The Hall–Kier alpha value is -1.40. The zero-order chi connectivity index (χ0) is 17.0. The first kappa shape index (κ1) is 17.9. The Labute approximate surface area is 145 Å². The predicted octanol–water partition coefficient (Wildman–Crippen LogP) is 2.15. The molecule has 0 aromatic heterocycles. The molecule has 1 aromatic rings. The summed E-state index contributed by atoms with van der Waals surface area (Å²) >= 11 is 7.56. The molecule has 2 N–H and O–H groups in total. The lowest BCUT2D eigenvalue weighted by atomic mass is 10.1. The van der Waals surface area contributed by atoms with Crippen LogP contribution in [0.2, 0.25) is 5.02 Å². The molecule has 0 spiro atoms. The van der Waals surface area contributed by atoms with E-state index in [1.54, 1.807) is 6.07 Å². The predicted molar refractivity (Wildman–Crippen MR) is 93.2 cm³/mol. The average Bonchev–Trinajstić information content (AvgIpc) is 2.48. The van der Waals surface area contributed by atoms with Crippen molar-refractivity contribution in [1.29, 1.82) is 0 Å². The summed E-state index contributed by atoms with van der Waals surface area (Å²) < 4.78 is 5.14. The molecule has 126 valence electrons. The number of halogens is 1. The van der Waals surface area contributed by atoms with Crippen molar-refractivity contribution in [2.24, 2.45) is 0 Å². The van der Waals surface area contributed by atoms with Crippen LogP contribution in [0.15, 0.2) is 18.2 Å². The number of nitrogens with one attached hydrogen (secondary N) is 2. The zero-order valence-corrected chi connectivity index (χ0v) is 15.0. The molecule has 1 heterocycles. The minimum Gasteiger partial charge on any atom is -0.490 e. The molecule has 5 nitrogen and oxygen atoms in total. The highest BCUT2D eigenvalue weighted by Crippen LogP contribution is 2.29. The molecular weight excluding hydrogens is 336 g/mol. The van der Waals surface area contributed by atoms with Gasteiger partial charge in [0.1, 0.15) is 18.4 Å². The number of ether oxygens (including phenoxy) is 1. The summed E-state index contributed by atoms with van der Waals surface area (Å²) in [5.74, 6) is 0.888. The second kappa shape index (κ2) is 7.45. The van der Waals surface area contributed by atoms with Gasteiger partial charge in [0.15, 0.2) is 0 Å². The van der Waals surface area contributed by atoms with Crippen LogP contribution in [0.3, 0.4) is 0 Å². The third-order valence-corrected chi connectivity index (χ3v) is 5.30. The molecule has 23 heavy (non-hydrogen) atoms. The van der Waals surface area contributed by atoms with E-state index in [1.165, 1.54) is 11.8 Å². The topological polar surface area (TPSA) is 67.4 Å². The van der Waals surface area contributed by atoms with Crippen LogP contribution >= 0.6 is 23.4 Å². The lowest BCUT2D eigenvalue weighted by Crippen LogP contribution is -2.57. The zero-order valence-electron chi connectivity index (χ0n) is 13.4. The van der Waals surface area contributed by atoms with Gasteiger partial charge in [0, 0.05) is 5.75 Å². The van der Waals surface area contributed by atoms with Gasteiger partial charge in [-0.25, -0.2) is 0 Å². The molecule has 1 atom stereocenters. The summed E-state index contributed by atoms with van der Waals surface area (Å²) in [6.07, 6.45) is 0. The number of hydrogen-bond acceptors (Lipinski definition) is 4. The van der Waals surface area contributed by atoms with Crippen LogP contribution in [-0.2, 0) is 9.59 Å². The second-order valence-electron chi connectivity index (χ2n) is 5.87. The Bertz CT molecular complexity index is 587. The normalized spacial score (nSPS) is 19.8. The highest BCUT2D eigenvalue weighted by molar-refractivity contribution is 8.01. The summed E-state index contributed by atoms with van der Waals surface area (Å²) in [5, 5.41) is 6.07. The van der Waals surface area contributed by atoms with Crippen molar-refractivity contribution in [3.05, 3.63) is 28.8 Å². The molecule has 0 radical (unpaired) electrons. The minimum absolute atomic E-state index is 0.114. The van der Waals surface area contributed by atoms with E-state index in [0.717, 1.165) is 5.56 Å². The van der Waals surface area contributed by atoms with Gasteiger partial charge in [-0.2, -0.15) is 0 Å². The van der Waals surface area contributed by atoms with Gasteiger partial charge < -0.3 is 15.4 Å². The van der Waals surface area contributed by atoms with E-state index in [-0.39, 0.29) is 11.8 Å². The van der Waals surface area contributed by atoms with Crippen LogP contribution in [0, 0.1) is 6.92 Å². The Kier molecular flexibility index (Phi) is 5.81. The fourth-order valence-electron chi connectivity index (χ4n) is 2.12. The summed E-state index contributed by atoms with van der Waals surface area (Å²) in [6, 6.07) is 5.04. The molecule has 1 aromatic carbocycles. The van der Waals surface area contributed by atoms with E-state index in [2.05, 4.69) is 10.6 Å². The number of carbonyl (C=O) groups is 2. The smallest absolute Gasteiger partial charge is 0.243 e. The Balaban J connectivity index is 1.76. The van der Waals surface area contributed by atoms with Gasteiger partial charge in [-0.1, -0.05) is 23.7 Å². The molecule has 2 rings (SSSR count). The maximum absolute atomic E-state index is 12.1. The van der Waals surface area contributed by atoms with Crippen LogP contribution < -0.4 is 15.4 Å². The molecule has 1 aliphatic rings. The fraction of sp³-hybridized carbons (Fsp3) is 0.500. The number of rotatable bonds is 5.